The van der Waals surface area contributed by atoms with E-state index in [-0.39, 0.29) is 5.91 Å². The summed E-state index contributed by atoms with van der Waals surface area (Å²) in [6, 6.07) is 14.4. The number of carbonyl (C=O) groups is 2. The smallest absolute Gasteiger partial charge is 0.338 e. The van der Waals surface area contributed by atoms with Gasteiger partial charge in [0.25, 0.3) is 5.91 Å². The van der Waals surface area contributed by atoms with Crippen LogP contribution < -0.4 is 5.32 Å². The van der Waals surface area contributed by atoms with Crippen LogP contribution in [0.15, 0.2) is 48.5 Å². The summed E-state index contributed by atoms with van der Waals surface area (Å²) in [5, 5.41) is 2.73. The standard InChI is InChI=1S/C17H16INO3/c1-11-4-3-5-15(10-11)19-16(20)12(2)22-17(21)13-6-8-14(18)9-7-13/h3-10,12H,1-2H3,(H,19,20)/t12-/m0/s1. The summed E-state index contributed by atoms with van der Waals surface area (Å²) in [6.07, 6.45) is -0.868. The maximum absolute atomic E-state index is 12.1. The third kappa shape index (κ3) is 4.56. The van der Waals surface area contributed by atoms with Crippen LogP contribution in [-0.4, -0.2) is 18.0 Å². The SMILES string of the molecule is Cc1cccc(NC(=O)[C@H](C)OC(=O)c2ccc(I)cc2)c1. The highest BCUT2D eigenvalue weighted by Crippen LogP contribution is 2.12. The number of amides is 1. The highest BCUT2D eigenvalue weighted by atomic mass is 127. The number of aryl methyl sites for hydroxylation is 1. The van der Waals surface area contributed by atoms with E-state index < -0.39 is 12.1 Å². The Morgan fingerprint density at radius 1 is 1.14 bits per heavy atom. The number of nitrogens with one attached hydrogen (secondary N) is 1. The molecule has 0 spiro atoms. The average molecular weight is 409 g/mol. The quantitative estimate of drug-likeness (QED) is 0.618. The molecular formula is C17H16INO3. The minimum atomic E-state index is -0.868. The van der Waals surface area contributed by atoms with Gasteiger partial charge in [-0.1, -0.05) is 12.1 Å². The normalized spacial score (nSPS) is 11.6. The van der Waals surface area contributed by atoms with Crippen LogP contribution in [-0.2, 0) is 9.53 Å². The first kappa shape index (κ1) is 16.5. The summed E-state index contributed by atoms with van der Waals surface area (Å²) >= 11 is 2.15. The molecule has 0 aliphatic carbocycles. The van der Waals surface area contributed by atoms with Gasteiger partial charge in [0.1, 0.15) is 0 Å². The zero-order valence-corrected chi connectivity index (χ0v) is 14.5. The van der Waals surface area contributed by atoms with Gasteiger partial charge in [-0.3, -0.25) is 4.79 Å². The van der Waals surface area contributed by atoms with Gasteiger partial charge in [0.2, 0.25) is 0 Å². The number of ether oxygens (including phenoxy) is 1. The third-order valence-electron chi connectivity index (χ3n) is 3.02. The highest BCUT2D eigenvalue weighted by molar-refractivity contribution is 14.1. The lowest BCUT2D eigenvalue weighted by atomic mass is 10.2. The van der Waals surface area contributed by atoms with Gasteiger partial charge in [0.05, 0.1) is 5.56 Å². The van der Waals surface area contributed by atoms with Crippen molar-refractivity contribution in [3.63, 3.8) is 0 Å². The maximum Gasteiger partial charge on any atom is 0.338 e. The molecule has 0 saturated heterocycles. The van der Waals surface area contributed by atoms with E-state index in [1.165, 1.54) is 0 Å². The van der Waals surface area contributed by atoms with Crippen LogP contribution in [0, 0.1) is 10.5 Å². The first-order valence-corrected chi connectivity index (χ1v) is 7.87. The van der Waals surface area contributed by atoms with Crippen molar-refractivity contribution in [2.24, 2.45) is 0 Å². The molecule has 5 heteroatoms. The van der Waals surface area contributed by atoms with Gasteiger partial charge in [0, 0.05) is 9.26 Å². The molecule has 2 aromatic rings. The number of rotatable bonds is 4. The lowest BCUT2D eigenvalue weighted by Crippen LogP contribution is -2.30. The Morgan fingerprint density at radius 3 is 2.45 bits per heavy atom. The third-order valence-corrected chi connectivity index (χ3v) is 3.74. The Hall–Kier alpha value is -1.89. The molecular weight excluding hydrogens is 393 g/mol. The zero-order valence-electron chi connectivity index (χ0n) is 12.3. The molecule has 2 aromatic carbocycles. The van der Waals surface area contributed by atoms with E-state index in [2.05, 4.69) is 27.9 Å². The summed E-state index contributed by atoms with van der Waals surface area (Å²) in [5.41, 5.74) is 2.15. The number of esters is 1. The number of anilines is 1. The molecule has 0 unspecified atom stereocenters. The van der Waals surface area contributed by atoms with Crippen molar-refractivity contribution in [3.8, 4) is 0 Å². The molecule has 22 heavy (non-hydrogen) atoms. The van der Waals surface area contributed by atoms with Gasteiger partial charge in [-0.2, -0.15) is 0 Å². The second-order valence-electron chi connectivity index (χ2n) is 4.91. The van der Waals surface area contributed by atoms with E-state index >= 15 is 0 Å². The monoisotopic (exact) mass is 409 g/mol. The summed E-state index contributed by atoms with van der Waals surface area (Å²) in [5.74, 6) is -0.868. The van der Waals surface area contributed by atoms with Crippen LogP contribution in [0.4, 0.5) is 5.69 Å². The molecule has 0 aromatic heterocycles. The first-order valence-electron chi connectivity index (χ1n) is 6.80. The zero-order chi connectivity index (χ0) is 16.1. The van der Waals surface area contributed by atoms with E-state index in [4.69, 9.17) is 4.74 Å². The minimum Gasteiger partial charge on any atom is -0.449 e. The Kier molecular flexibility index (Phi) is 5.54. The van der Waals surface area contributed by atoms with Crippen molar-refractivity contribution in [1.82, 2.24) is 0 Å². The molecule has 0 radical (unpaired) electrons. The van der Waals surface area contributed by atoms with E-state index in [9.17, 15) is 9.59 Å². The summed E-state index contributed by atoms with van der Waals surface area (Å²) in [6.45, 7) is 3.49. The van der Waals surface area contributed by atoms with Gasteiger partial charge < -0.3 is 10.1 Å². The fourth-order valence-electron chi connectivity index (χ4n) is 1.83. The predicted octanol–water partition coefficient (Wildman–Crippen LogP) is 3.78. The lowest BCUT2D eigenvalue weighted by Gasteiger charge is -2.14. The van der Waals surface area contributed by atoms with Crippen molar-refractivity contribution < 1.29 is 14.3 Å². The van der Waals surface area contributed by atoms with Crippen molar-refractivity contribution in [3.05, 3.63) is 63.2 Å². The van der Waals surface area contributed by atoms with Crippen molar-refractivity contribution in [1.29, 1.82) is 0 Å². The number of carbonyl (C=O) groups excluding carboxylic acids is 2. The van der Waals surface area contributed by atoms with Crippen LogP contribution in [0.5, 0.6) is 0 Å². The topological polar surface area (TPSA) is 55.4 Å². The van der Waals surface area contributed by atoms with E-state index in [0.29, 0.717) is 11.3 Å². The Labute approximate surface area is 143 Å². The molecule has 1 atom stereocenters. The van der Waals surface area contributed by atoms with Crippen LogP contribution >= 0.6 is 22.6 Å². The number of halogens is 1. The van der Waals surface area contributed by atoms with E-state index in [0.717, 1.165) is 9.13 Å². The molecule has 1 amide bonds. The molecule has 2 rings (SSSR count). The first-order chi connectivity index (χ1) is 10.5. The van der Waals surface area contributed by atoms with E-state index in [1.54, 1.807) is 25.1 Å². The van der Waals surface area contributed by atoms with Gasteiger partial charge in [-0.25, -0.2) is 4.79 Å². The van der Waals surface area contributed by atoms with Gasteiger partial charge >= 0.3 is 5.97 Å². The van der Waals surface area contributed by atoms with Gasteiger partial charge in [-0.05, 0) is 78.4 Å². The number of benzene rings is 2. The lowest BCUT2D eigenvalue weighted by molar-refractivity contribution is -0.123. The second-order valence-corrected chi connectivity index (χ2v) is 6.16. The number of hydrogen-bond donors (Lipinski definition) is 1. The molecule has 0 heterocycles. The predicted molar refractivity (Wildman–Crippen MR) is 93.8 cm³/mol. The van der Waals surface area contributed by atoms with Crippen LogP contribution in [0.1, 0.15) is 22.8 Å². The second kappa shape index (κ2) is 7.40. The fraction of sp³-hybridized carbons (Fsp3) is 0.176. The minimum absolute atomic E-state index is 0.357. The van der Waals surface area contributed by atoms with Gasteiger partial charge in [-0.15, -0.1) is 0 Å². The highest BCUT2D eigenvalue weighted by Gasteiger charge is 2.19. The molecule has 0 aliphatic heterocycles. The summed E-state index contributed by atoms with van der Waals surface area (Å²) in [7, 11) is 0. The van der Waals surface area contributed by atoms with Crippen molar-refractivity contribution in [2.75, 3.05) is 5.32 Å². The van der Waals surface area contributed by atoms with Crippen LogP contribution in [0.3, 0.4) is 0 Å². The molecule has 4 nitrogen and oxygen atoms in total. The van der Waals surface area contributed by atoms with Crippen molar-refractivity contribution >= 4 is 40.2 Å². The molecule has 0 bridgehead atoms. The van der Waals surface area contributed by atoms with Crippen LogP contribution in [0.25, 0.3) is 0 Å². The molecule has 0 aliphatic rings. The molecule has 0 saturated carbocycles. The molecule has 0 fully saturated rings. The average Bonchev–Trinajstić information content (AvgIpc) is 2.47. The molecule has 1 N–H and O–H groups in total. The van der Waals surface area contributed by atoms with E-state index in [1.807, 2.05) is 37.3 Å². The Balaban J connectivity index is 1.96. The fourth-order valence-corrected chi connectivity index (χ4v) is 2.19. The summed E-state index contributed by atoms with van der Waals surface area (Å²) < 4.78 is 6.21. The molecule has 114 valence electrons. The largest absolute Gasteiger partial charge is 0.449 e. The van der Waals surface area contributed by atoms with Crippen molar-refractivity contribution in [2.45, 2.75) is 20.0 Å². The van der Waals surface area contributed by atoms with Gasteiger partial charge in [0.15, 0.2) is 6.10 Å². The van der Waals surface area contributed by atoms with Crippen LogP contribution in [0.2, 0.25) is 0 Å². The Bertz CT molecular complexity index is 683. The number of hydrogen-bond acceptors (Lipinski definition) is 3. The Morgan fingerprint density at radius 2 is 1.82 bits per heavy atom. The maximum atomic E-state index is 12.1. The summed E-state index contributed by atoms with van der Waals surface area (Å²) in [4.78, 5) is 24.0.